The molecule has 1 rings (SSSR count). The Labute approximate surface area is 166 Å². The van der Waals surface area contributed by atoms with E-state index in [0.717, 1.165) is 67.8 Å². The molecule has 0 saturated heterocycles. The first-order valence-corrected chi connectivity index (χ1v) is 10.9. The molecule has 27 heavy (non-hydrogen) atoms. The summed E-state index contributed by atoms with van der Waals surface area (Å²) in [5.74, 6) is 0.375. The Balaban J connectivity index is 2.09. The van der Waals surface area contributed by atoms with Crippen LogP contribution >= 0.6 is 11.8 Å². The highest BCUT2D eigenvalue weighted by Crippen LogP contribution is 2.30. The molecule has 0 amide bonds. The van der Waals surface area contributed by atoms with Crippen LogP contribution in [0.4, 0.5) is 0 Å². The molecule has 1 aromatic rings. The van der Waals surface area contributed by atoms with Crippen molar-refractivity contribution in [3.8, 4) is 5.75 Å². The van der Waals surface area contributed by atoms with Crippen LogP contribution in [0.5, 0.6) is 5.75 Å². The number of carboxylic acids is 2. The standard InChI is InChI=1S/C21H32O5S/c22-20(23)14-6-4-2-1-3-5-10-16-26-18-12-7-8-13-19(18)27-17-11-9-15-21(24)25/h7-8,12-13H,1-6,9-11,14-17H2,(H,22,23)(H,24,25). The highest BCUT2D eigenvalue weighted by Gasteiger charge is 2.04. The van der Waals surface area contributed by atoms with Gasteiger partial charge in [-0.05, 0) is 43.6 Å². The van der Waals surface area contributed by atoms with Crippen LogP contribution in [0.2, 0.25) is 0 Å². The minimum absolute atomic E-state index is 0.234. The summed E-state index contributed by atoms with van der Waals surface area (Å²) < 4.78 is 5.92. The molecule has 152 valence electrons. The Kier molecular flexibility index (Phi) is 13.3. The number of thioether (sulfide) groups is 1. The molecule has 0 bridgehead atoms. The zero-order valence-corrected chi connectivity index (χ0v) is 16.8. The van der Waals surface area contributed by atoms with E-state index < -0.39 is 11.9 Å². The monoisotopic (exact) mass is 396 g/mol. The van der Waals surface area contributed by atoms with Gasteiger partial charge in [0.05, 0.1) is 6.61 Å². The largest absolute Gasteiger partial charge is 0.492 e. The van der Waals surface area contributed by atoms with Gasteiger partial charge in [-0.1, -0.05) is 44.2 Å². The fraction of sp³-hybridized carbons (Fsp3) is 0.619. The van der Waals surface area contributed by atoms with Crippen molar-refractivity contribution in [2.24, 2.45) is 0 Å². The Hall–Kier alpha value is -1.69. The van der Waals surface area contributed by atoms with E-state index in [2.05, 4.69) is 0 Å². The van der Waals surface area contributed by atoms with Crippen molar-refractivity contribution < 1.29 is 24.5 Å². The van der Waals surface area contributed by atoms with E-state index in [4.69, 9.17) is 14.9 Å². The predicted octanol–water partition coefficient (Wildman–Crippen LogP) is 5.62. The first-order valence-electron chi connectivity index (χ1n) is 9.88. The number of hydrogen-bond acceptors (Lipinski definition) is 4. The minimum Gasteiger partial charge on any atom is -0.492 e. The van der Waals surface area contributed by atoms with Gasteiger partial charge in [0.15, 0.2) is 0 Å². The zero-order chi connectivity index (χ0) is 19.7. The second-order valence-electron chi connectivity index (χ2n) is 6.61. The van der Waals surface area contributed by atoms with Gasteiger partial charge < -0.3 is 14.9 Å². The number of benzene rings is 1. The third-order valence-electron chi connectivity index (χ3n) is 4.18. The van der Waals surface area contributed by atoms with Gasteiger partial charge in [-0.3, -0.25) is 9.59 Å². The molecule has 0 saturated carbocycles. The molecule has 0 heterocycles. The number of carbonyl (C=O) groups is 2. The Morgan fingerprint density at radius 1 is 0.778 bits per heavy atom. The molecule has 6 heteroatoms. The molecular formula is C21H32O5S. The van der Waals surface area contributed by atoms with Crippen LogP contribution in [0.15, 0.2) is 29.2 Å². The van der Waals surface area contributed by atoms with Crippen LogP contribution in [0.25, 0.3) is 0 Å². The predicted molar refractivity (Wildman–Crippen MR) is 109 cm³/mol. The number of rotatable bonds is 17. The summed E-state index contributed by atoms with van der Waals surface area (Å²) in [6.07, 6.45) is 9.47. The molecule has 5 nitrogen and oxygen atoms in total. The quantitative estimate of drug-likeness (QED) is 0.263. The lowest BCUT2D eigenvalue weighted by Crippen LogP contribution is -1.99. The maximum atomic E-state index is 10.5. The number of aliphatic carboxylic acids is 2. The molecule has 0 radical (unpaired) electrons. The second-order valence-corrected chi connectivity index (χ2v) is 7.75. The number of para-hydroxylation sites is 1. The normalized spacial score (nSPS) is 10.7. The Bertz CT molecular complexity index is 547. The first-order chi connectivity index (χ1) is 13.1. The maximum absolute atomic E-state index is 10.5. The molecule has 0 aliphatic rings. The van der Waals surface area contributed by atoms with Crippen LogP contribution in [-0.2, 0) is 9.59 Å². The lowest BCUT2D eigenvalue weighted by Gasteiger charge is -2.11. The second kappa shape index (κ2) is 15.4. The van der Waals surface area contributed by atoms with E-state index in [1.165, 1.54) is 0 Å². The van der Waals surface area contributed by atoms with Crippen LogP contribution in [0.3, 0.4) is 0 Å². The highest BCUT2D eigenvalue weighted by atomic mass is 32.2. The van der Waals surface area contributed by atoms with E-state index in [0.29, 0.717) is 13.0 Å². The molecule has 1 aromatic carbocycles. The molecular weight excluding hydrogens is 364 g/mol. The fourth-order valence-electron chi connectivity index (χ4n) is 2.69. The van der Waals surface area contributed by atoms with E-state index >= 15 is 0 Å². The number of hydrogen-bond donors (Lipinski definition) is 2. The summed E-state index contributed by atoms with van der Waals surface area (Å²) in [7, 11) is 0. The lowest BCUT2D eigenvalue weighted by atomic mass is 10.1. The highest BCUT2D eigenvalue weighted by molar-refractivity contribution is 7.99. The van der Waals surface area contributed by atoms with Gasteiger partial charge in [-0.25, -0.2) is 0 Å². The van der Waals surface area contributed by atoms with Crippen molar-refractivity contribution in [2.75, 3.05) is 12.4 Å². The third-order valence-corrected chi connectivity index (χ3v) is 5.33. The SMILES string of the molecule is O=C(O)CCCCCCCCCOc1ccccc1SCCCCC(=O)O. The molecule has 0 aliphatic carbocycles. The van der Waals surface area contributed by atoms with Crippen molar-refractivity contribution in [1.82, 2.24) is 0 Å². The van der Waals surface area contributed by atoms with Gasteiger partial charge >= 0.3 is 11.9 Å². The summed E-state index contributed by atoms with van der Waals surface area (Å²) in [5.41, 5.74) is 0. The van der Waals surface area contributed by atoms with Crippen LogP contribution < -0.4 is 4.74 Å². The number of ether oxygens (including phenoxy) is 1. The van der Waals surface area contributed by atoms with Crippen molar-refractivity contribution in [1.29, 1.82) is 0 Å². The summed E-state index contributed by atoms with van der Waals surface area (Å²) in [4.78, 5) is 22.1. The fourth-order valence-corrected chi connectivity index (χ4v) is 3.71. The number of unbranched alkanes of at least 4 members (excludes halogenated alkanes) is 7. The maximum Gasteiger partial charge on any atom is 0.303 e. The van der Waals surface area contributed by atoms with E-state index in [-0.39, 0.29) is 12.8 Å². The van der Waals surface area contributed by atoms with Gasteiger partial charge in [-0.15, -0.1) is 11.8 Å². The molecule has 0 unspecified atom stereocenters. The topological polar surface area (TPSA) is 83.8 Å². The van der Waals surface area contributed by atoms with Crippen molar-refractivity contribution >= 4 is 23.7 Å². The van der Waals surface area contributed by atoms with Crippen molar-refractivity contribution in [3.05, 3.63) is 24.3 Å². The summed E-state index contributed by atoms with van der Waals surface area (Å²) in [6.45, 7) is 0.704. The molecule has 0 fully saturated rings. The average Bonchev–Trinajstić information content (AvgIpc) is 2.63. The van der Waals surface area contributed by atoms with Crippen molar-refractivity contribution in [3.63, 3.8) is 0 Å². The minimum atomic E-state index is -0.732. The molecule has 0 aliphatic heterocycles. The molecule has 0 aromatic heterocycles. The van der Waals surface area contributed by atoms with Gasteiger partial charge in [0.25, 0.3) is 0 Å². The van der Waals surface area contributed by atoms with E-state index in [1.54, 1.807) is 11.8 Å². The van der Waals surface area contributed by atoms with E-state index in [1.807, 2.05) is 24.3 Å². The van der Waals surface area contributed by atoms with Crippen LogP contribution in [0.1, 0.15) is 70.6 Å². The average molecular weight is 397 g/mol. The van der Waals surface area contributed by atoms with Gasteiger partial charge in [0.2, 0.25) is 0 Å². The summed E-state index contributed by atoms with van der Waals surface area (Å²) >= 11 is 1.72. The summed E-state index contributed by atoms with van der Waals surface area (Å²) in [5, 5.41) is 17.2. The smallest absolute Gasteiger partial charge is 0.303 e. The van der Waals surface area contributed by atoms with Crippen LogP contribution in [0, 0.1) is 0 Å². The molecule has 2 N–H and O–H groups in total. The van der Waals surface area contributed by atoms with Crippen molar-refractivity contribution in [2.45, 2.75) is 75.5 Å². The number of carboxylic acid groups (broad SMARTS) is 2. The Morgan fingerprint density at radius 2 is 1.33 bits per heavy atom. The summed E-state index contributed by atoms with van der Waals surface area (Å²) in [6, 6.07) is 8.01. The Morgan fingerprint density at radius 3 is 2.00 bits per heavy atom. The molecule has 0 atom stereocenters. The first kappa shape index (κ1) is 23.3. The third kappa shape index (κ3) is 13.2. The van der Waals surface area contributed by atoms with E-state index in [9.17, 15) is 9.59 Å². The van der Waals surface area contributed by atoms with Gasteiger partial charge in [0.1, 0.15) is 5.75 Å². The molecule has 0 spiro atoms. The van der Waals surface area contributed by atoms with Gasteiger partial charge in [-0.2, -0.15) is 0 Å². The van der Waals surface area contributed by atoms with Gasteiger partial charge in [0, 0.05) is 17.7 Å². The zero-order valence-electron chi connectivity index (χ0n) is 16.0. The van der Waals surface area contributed by atoms with Crippen LogP contribution in [-0.4, -0.2) is 34.5 Å². The lowest BCUT2D eigenvalue weighted by molar-refractivity contribution is -0.138.